The highest BCUT2D eigenvalue weighted by molar-refractivity contribution is 5.95. The van der Waals surface area contributed by atoms with Crippen LogP contribution in [0.15, 0.2) is 18.2 Å². The standard InChI is InChI=1S/C19H26N2O4/c1-24-16-8-7-15(13-17(16)25-2)19(23)21-10-4-9-20(11-12-21)18(22)14-5-3-6-14/h7-8,13-14H,3-6,9-12H2,1-2H3. The van der Waals surface area contributed by atoms with Gasteiger partial charge in [0.25, 0.3) is 5.91 Å². The third-order valence-electron chi connectivity index (χ3n) is 5.18. The summed E-state index contributed by atoms with van der Waals surface area (Å²) in [4.78, 5) is 29.0. The zero-order valence-electron chi connectivity index (χ0n) is 15.0. The summed E-state index contributed by atoms with van der Waals surface area (Å²) < 4.78 is 10.5. The fourth-order valence-corrected chi connectivity index (χ4v) is 3.41. The van der Waals surface area contributed by atoms with Gasteiger partial charge in [0.1, 0.15) is 0 Å². The molecule has 0 aromatic heterocycles. The van der Waals surface area contributed by atoms with Crippen LogP contribution < -0.4 is 9.47 Å². The number of carbonyl (C=O) groups is 2. The minimum absolute atomic E-state index is 0.0288. The molecular weight excluding hydrogens is 320 g/mol. The zero-order chi connectivity index (χ0) is 17.8. The lowest BCUT2D eigenvalue weighted by molar-refractivity contribution is -0.138. The number of hydrogen-bond donors (Lipinski definition) is 0. The molecule has 2 amide bonds. The Bertz CT molecular complexity index is 642. The van der Waals surface area contributed by atoms with E-state index in [0.29, 0.717) is 36.7 Å². The van der Waals surface area contributed by atoms with Crippen LogP contribution in [0, 0.1) is 5.92 Å². The summed E-state index contributed by atoms with van der Waals surface area (Å²) >= 11 is 0. The Kier molecular flexibility index (Phi) is 5.46. The van der Waals surface area contributed by atoms with Gasteiger partial charge in [0, 0.05) is 37.7 Å². The van der Waals surface area contributed by atoms with Gasteiger partial charge in [-0.1, -0.05) is 6.42 Å². The molecule has 6 heteroatoms. The van der Waals surface area contributed by atoms with E-state index in [9.17, 15) is 9.59 Å². The molecule has 1 heterocycles. The first kappa shape index (κ1) is 17.6. The topological polar surface area (TPSA) is 59.1 Å². The van der Waals surface area contributed by atoms with Crippen molar-refractivity contribution >= 4 is 11.8 Å². The number of rotatable bonds is 4. The van der Waals surface area contributed by atoms with E-state index in [4.69, 9.17) is 9.47 Å². The maximum atomic E-state index is 12.8. The lowest BCUT2D eigenvalue weighted by atomic mass is 9.84. The van der Waals surface area contributed by atoms with E-state index in [2.05, 4.69) is 0 Å². The number of hydrogen-bond acceptors (Lipinski definition) is 4. The molecule has 25 heavy (non-hydrogen) atoms. The molecule has 136 valence electrons. The van der Waals surface area contributed by atoms with Crippen LogP contribution >= 0.6 is 0 Å². The third kappa shape index (κ3) is 3.72. The predicted molar refractivity (Wildman–Crippen MR) is 94.0 cm³/mol. The Hall–Kier alpha value is -2.24. The fourth-order valence-electron chi connectivity index (χ4n) is 3.41. The SMILES string of the molecule is COc1ccc(C(=O)N2CCCN(C(=O)C3CCC3)CC2)cc1OC. The first-order valence-corrected chi connectivity index (χ1v) is 8.94. The summed E-state index contributed by atoms with van der Waals surface area (Å²) in [6.07, 6.45) is 4.01. The van der Waals surface area contributed by atoms with Crippen LogP contribution in [0.5, 0.6) is 11.5 Å². The van der Waals surface area contributed by atoms with Crippen LogP contribution in [0.25, 0.3) is 0 Å². The highest BCUT2D eigenvalue weighted by Crippen LogP contribution is 2.29. The van der Waals surface area contributed by atoms with Crippen LogP contribution in [0.2, 0.25) is 0 Å². The molecule has 1 aromatic carbocycles. The van der Waals surface area contributed by atoms with Crippen molar-refractivity contribution in [2.45, 2.75) is 25.7 Å². The van der Waals surface area contributed by atoms with Crippen molar-refractivity contribution in [3.63, 3.8) is 0 Å². The molecule has 2 aliphatic rings. The van der Waals surface area contributed by atoms with E-state index >= 15 is 0 Å². The number of ether oxygens (including phenoxy) is 2. The van der Waals surface area contributed by atoms with Gasteiger partial charge in [0.05, 0.1) is 14.2 Å². The molecule has 6 nitrogen and oxygen atoms in total. The maximum absolute atomic E-state index is 12.8. The smallest absolute Gasteiger partial charge is 0.254 e. The van der Waals surface area contributed by atoms with E-state index in [1.165, 1.54) is 0 Å². The fraction of sp³-hybridized carbons (Fsp3) is 0.579. The molecule has 2 fully saturated rings. The second-order valence-corrected chi connectivity index (χ2v) is 6.67. The van der Waals surface area contributed by atoms with Gasteiger partial charge >= 0.3 is 0 Å². The van der Waals surface area contributed by atoms with Crippen LogP contribution in [-0.4, -0.2) is 62.0 Å². The highest BCUT2D eigenvalue weighted by atomic mass is 16.5. The van der Waals surface area contributed by atoms with E-state index < -0.39 is 0 Å². The largest absolute Gasteiger partial charge is 0.493 e. The monoisotopic (exact) mass is 346 g/mol. The molecule has 0 N–H and O–H groups in total. The third-order valence-corrected chi connectivity index (χ3v) is 5.18. The lowest BCUT2D eigenvalue weighted by Gasteiger charge is -2.31. The Balaban J connectivity index is 1.65. The molecule has 0 atom stereocenters. The molecule has 3 rings (SSSR count). The normalized spacial score (nSPS) is 18.3. The molecule has 1 aromatic rings. The van der Waals surface area contributed by atoms with Crippen molar-refractivity contribution in [1.82, 2.24) is 9.80 Å². The summed E-state index contributed by atoms with van der Waals surface area (Å²) in [7, 11) is 3.13. The van der Waals surface area contributed by atoms with Crippen LogP contribution in [0.4, 0.5) is 0 Å². The van der Waals surface area contributed by atoms with E-state index in [1.54, 1.807) is 32.4 Å². The lowest BCUT2D eigenvalue weighted by Crippen LogP contribution is -2.41. The molecular formula is C19H26N2O4. The Morgan fingerprint density at radius 3 is 2.24 bits per heavy atom. The molecule has 1 aliphatic carbocycles. The Morgan fingerprint density at radius 1 is 0.920 bits per heavy atom. The van der Waals surface area contributed by atoms with Crippen molar-refractivity contribution < 1.29 is 19.1 Å². The zero-order valence-corrected chi connectivity index (χ0v) is 15.0. The maximum Gasteiger partial charge on any atom is 0.254 e. The van der Waals surface area contributed by atoms with E-state index in [-0.39, 0.29) is 17.7 Å². The summed E-state index contributed by atoms with van der Waals surface area (Å²) in [5.74, 6) is 1.61. The second kappa shape index (κ2) is 7.76. The van der Waals surface area contributed by atoms with Crippen LogP contribution in [0.3, 0.4) is 0 Å². The molecule has 1 saturated carbocycles. The first-order valence-electron chi connectivity index (χ1n) is 8.94. The number of benzene rings is 1. The average Bonchev–Trinajstić information content (AvgIpc) is 2.85. The second-order valence-electron chi connectivity index (χ2n) is 6.67. The number of nitrogens with zero attached hydrogens (tertiary/aromatic N) is 2. The van der Waals surface area contributed by atoms with E-state index in [0.717, 1.165) is 32.2 Å². The molecule has 0 bridgehead atoms. The number of methoxy groups -OCH3 is 2. The summed E-state index contributed by atoms with van der Waals surface area (Å²) in [5, 5.41) is 0. The number of carbonyl (C=O) groups excluding carboxylic acids is 2. The van der Waals surface area contributed by atoms with Gasteiger partial charge in [-0.25, -0.2) is 0 Å². The Labute approximate surface area is 148 Å². The average molecular weight is 346 g/mol. The molecule has 0 radical (unpaired) electrons. The van der Waals surface area contributed by atoms with Crippen molar-refractivity contribution in [2.75, 3.05) is 40.4 Å². The minimum Gasteiger partial charge on any atom is -0.493 e. The van der Waals surface area contributed by atoms with Crippen molar-refractivity contribution in [2.24, 2.45) is 5.92 Å². The van der Waals surface area contributed by atoms with Crippen LogP contribution in [-0.2, 0) is 4.79 Å². The predicted octanol–water partition coefficient (Wildman–Crippen LogP) is 2.18. The van der Waals surface area contributed by atoms with Gasteiger partial charge in [-0.3, -0.25) is 9.59 Å². The Morgan fingerprint density at radius 2 is 1.60 bits per heavy atom. The molecule has 1 aliphatic heterocycles. The molecule has 0 unspecified atom stereocenters. The van der Waals surface area contributed by atoms with Gasteiger partial charge in [-0.15, -0.1) is 0 Å². The van der Waals surface area contributed by atoms with Gasteiger partial charge in [-0.05, 0) is 37.5 Å². The minimum atomic E-state index is -0.0288. The van der Waals surface area contributed by atoms with E-state index in [1.807, 2.05) is 9.80 Å². The van der Waals surface area contributed by atoms with Gasteiger partial charge < -0.3 is 19.3 Å². The van der Waals surface area contributed by atoms with Crippen LogP contribution in [0.1, 0.15) is 36.0 Å². The molecule has 0 spiro atoms. The van der Waals surface area contributed by atoms with Gasteiger partial charge in [-0.2, -0.15) is 0 Å². The summed E-state index contributed by atoms with van der Waals surface area (Å²) in [6.45, 7) is 2.60. The first-order chi connectivity index (χ1) is 12.1. The van der Waals surface area contributed by atoms with Gasteiger partial charge in [0.15, 0.2) is 11.5 Å². The van der Waals surface area contributed by atoms with Gasteiger partial charge in [0.2, 0.25) is 5.91 Å². The molecule has 1 saturated heterocycles. The quantitative estimate of drug-likeness (QED) is 0.838. The van der Waals surface area contributed by atoms with Crippen molar-refractivity contribution in [3.05, 3.63) is 23.8 Å². The van der Waals surface area contributed by atoms with Crippen molar-refractivity contribution in [1.29, 1.82) is 0 Å². The van der Waals surface area contributed by atoms with Crippen molar-refractivity contribution in [3.8, 4) is 11.5 Å². The summed E-state index contributed by atoms with van der Waals surface area (Å²) in [5.41, 5.74) is 0.580. The summed E-state index contributed by atoms with van der Waals surface area (Å²) in [6, 6.07) is 5.21. The number of amides is 2. The highest BCUT2D eigenvalue weighted by Gasteiger charge is 2.31.